The Balaban J connectivity index is 1.44. The third kappa shape index (κ3) is 5.10. The predicted octanol–water partition coefficient (Wildman–Crippen LogP) is 3.33. The number of nitrogens with one attached hydrogen (secondary N) is 2. The van der Waals surface area contributed by atoms with Gasteiger partial charge in [0, 0.05) is 19.2 Å². The number of pyridine rings is 1. The van der Waals surface area contributed by atoms with Gasteiger partial charge in [-0.3, -0.25) is 19.1 Å². The van der Waals surface area contributed by atoms with Crippen molar-refractivity contribution in [2.75, 3.05) is 0 Å². The molecule has 2 heterocycles. The minimum Gasteiger partial charge on any atom is -0.350 e. The summed E-state index contributed by atoms with van der Waals surface area (Å²) in [7, 11) is 0. The summed E-state index contributed by atoms with van der Waals surface area (Å²) in [6.07, 6.45) is 4.59. The molecule has 0 saturated carbocycles. The lowest BCUT2D eigenvalue weighted by atomic mass is 10.2. The number of aromatic nitrogens is 3. The van der Waals surface area contributed by atoms with E-state index in [1.165, 1.54) is 0 Å². The number of benzene rings is 1. The summed E-state index contributed by atoms with van der Waals surface area (Å²) in [5, 5.41) is 3.51. The summed E-state index contributed by atoms with van der Waals surface area (Å²) in [6.45, 7) is 0.996. The second-order valence-corrected chi connectivity index (χ2v) is 6.73. The van der Waals surface area contributed by atoms with Crippen LogP contribution in [-0.4, -0.2) is 20.4 Å². The Labute approximate surface area is 162 Å². The summed E-state index contributed by atoms with van der Waals surface area (Å²) in [6, 6.07) is 13.0. The zero-order chi connectivity index (χ0) is 19.1. The summed E-state index contributed by atoms with van der Waals surface area (Å²) in [5.74, 6) is 0.0146. The average molecular weight is 382 g/mol. The molecule has 27 heavy (non-hydrogen) atoms. The first-order valence-electron chi connectivity index (χ1n) is 9.03. The molecule has 0 aliphatic heterocycles. The molecule has 0 atom stereocenters. The molecule has 2 aromatic heterocycles. The maximum Gasteiger partial charge on any atom is 0.262 e. The molecule has 0 bridgehead atoms. The van der Waals surface area contributed by atoms with Gasteiger partial charge in [0.25, 0.3) is 5.56 Å². The van der Waals surface area contributed by atoms with E-state index >= 15 is 0 Å². The highest BCUT2D eigenvalue weighted by molar-refractivity contribution is 7.71. The first-order valence-corrected chi connectivity index (χ1v) is 9.44. The van der Waals surface area contributed by atoms with Gasteiger partial charge in [-0.1, -0.05) is 24.6 Å². The predicted molar refractivity (Wildman–Crippen MR) is 108 cm³/mol. The maximum atomic E-state index is 12.5. The summed E-state index contributed by atoms with van der Waals surface area (Å²) < 4.78 is 2.03. The maximum absolute atomic E-state index is 12.5. The lowest BCUT2D eigenvalue weighted by molar-refractivity contribution is -0.121. The zero-order valence-corrected chi connectivity index (χ0v) is 15.8. The summed E-state index contributed by atoms with van der Waals surface area (Å²) in [4.78, 5) is 31.7. The van der Waals surface area contributed by atoms with Crippen molar-refractivity contribution in [1.29, 1.82) is 0 Å². The highest BCUT2D eigenvalue weighted by Gasteiger charge is 2.06. The normalized spacial score (nSPS) is 10.8. The molecule has 0 spiro atoms. The van der Waals surface area contributed by atoms with Gasteiger partial charge in [-0.2, -0.15) is 0 Å². The molecule has 6 nitrogen and oxygen atoms in total. The second-order valence-electron chi connectivity index (χ2n) is 6.34. The second kappa shape index (κ2) is 9.23. The van der Waals surface area contributed by atoms with Crippen molar-refractivity contribution in [2.45, 2.75) is 38.8 Å². The SMILES string of the molecule is O=C(CCCCCn1c(=S)[nH]c2ccccc2c1=O)NCc1ccccn1. The molecule has 3 aromatic rings. The van der Waals surface area contributed by atoms with E-state index < -0.39 is 0 Å². The van der Waals surface area contributed by atoms with Gasteiger partial charge in [0.1, 0.15) is 0 Å². The molecule has 7 heteroatoms. The van der Waals surface area contributed by atoms with E-state index in [-0.39, 0.29) is 11.5 Å². The van der Waals surface area contributed by atoms with Crippen LogP contribution in [0.15, 0.2) is 53.5 Å². The van der Waals surface area contributed by atoms with Crippen molar-refractivity contribution < 1.29 is 4.79 Å². The number of amides is 1. The lowest BCUT2D eigenvalue weighted by Gasteiger charge is -2.08. The summed E-state index contributed by atoms with van der Waals surface area (Å²) in [5.41, 5.74) is 1.53. The van der Waals surface area contributed by atoms with E-state index in [2.05, 4.69) is 15.3 Å². The molecule has 1 aromatic carbocycles. The first-order chi connectivity index (χ1) is 13.1. The van der Waals surface area contributed by atoms with Crippen LogP contribution in [0.25, 0.3) is 10.9 Å². The number of carbonyl (C=O) groups excluding carboxylic acids is 1. The van der Waals surface area contributed by atoms with Gasteiger partial charge in [0.15, 0.2) is 4.77 Å². The first kappa shape index (κ1) is 19.0. The largest absolute Gasteiger partial charge is 0.350 e. The van der Waals surface area contributed by atoms with Crippen LogP contribution in [-0.2, 0) is 17.9 Å². The fourth-order valence-electron chi connectivity index (χ4n) is 2.91. The Bertz CT molecular complexity index is 1030. The van der Waals surface area contributed by atoms with E-state index in [1.54, 1.807) is 16.8 Å². The number of hydrogen-bond donors (Lipinski definition) is 2. The molecule has 0 radical (unpaired) electrons. The molecule has 0 aliphatic carbocycles. The van der Waals surface area contributed by atoms with Crippen molar-refractivity contribution in [3.63, 3.8) is 0 Å². The van der Waals surface area contributed by atoms with Crippen LogP contribution in [0.5, 0.6) is 0 Å². The number of fused-ring (bicyclic) bond motifs is 1. The molecule has 0 saturated heterocycles. The Morgan fingerprint density at radius 3 is 2.74 bits per heavy atom. The van der Waals surface area contributed by atoms with Crippen LogP contribution in [0, 0.1) is 4.77 Å². The van der Waals surface area contributed by atoms with Gasteiger partial charge in [-0.15, -0.1) is 0 Å². The van der Waals surface area contributed by atoms with Crippen LogP contribution in [0.1, 0.15) is 31.4 Å². The quantitative estimate of drug-likeness (QED) is 0.463. The number of nitrogens with zero attached hydrogens (tertiary/aromatic N) is 2. The Morgan fingerprint density at radius 1 is 1.11 bits per heavy atom. The molecule has 0 aliphatic rings. The summed E-state index contributed by atoms with van der Waals surface area (Å²) >= 11 is 5.30. The minimum absolute atomic E-state index is 0.0146. The molecule has 2 N–H and O–H groups in total. The number of hydrogen-bond acceptors (Lipinski definition) is 4. The standard InChI is InChI=1S/C20H22N4O2S/c25-18(22-14-15-8-5-6-12-21-15)11-2-1-7-13-24-19(26)16-9-3-4-10-17(16)23-20(24)27/h3-6,8-10,12H,1-2,7,11,13-14H2,(H,22,25)(H,23,27). The molecular formula is C20H22N4O2S. The molecule has 140 valence electrons. The fraction of sp³-hybridized carbons (Fsp3) is 0.300. The van der Waals surface area contributed by atoms with Gasteiger partial charge in [-0.05, 0) is 49.3 Å². The average Bonchev–Trinajstić information content (AvgIpc) is 2.69. The van der Waals surface area contributed by atoms with Gasteiger partial charge in [0.05, 0.1) is 23.1 Å². The van der Waals surface area contributed by atoms with Gasteiger partial charge in [-0.25, -0.2) is 0 Å². The van der Waals surface area contributed by atoms with Gasteiger partial charge in [0.2, 0.25) is 5.91 Å². The van der Waals surface area contributed by atoms with Crippen LogP contribution in [0.4, 0.5) is 0 Å². The Hall–Kier alpha value is -2.80. The Kier molecular flexibility index (Phi) is 6.49. The zero-order valence-electron chi connectivity index (χ0n) is 15.0. The van der Waals surface area contributed by atoms with E-state index in [0.717, 1.165) is 30.5 Å². The lowest BCUT2D eigenvalue weighted by Crippen LogP contribution is -2.23. The molecule has 0 unspecified atom stereocenters. The fourth-order valence-corrected chi connectivity index (χ4v) is 3.20. The minimum atomic E-state index is -0.0672. The number of rotatable bonds is 8. The van der Waals surface area contributed by atoms with Crippen LogP contribution in [0.3, 0.4) is 0 Å². The topological polar surface area (TPSA) is 79.8 Å². The number of aromatic amines is 1. The van der Waals surface area contributed by atoms with Crippen LogP contribution in [0.2, 0.25) is 0 Å². The smallest absolute Gasteiger partial charge is 0.262 e. The third-order valence-corrected chi connectivity index (χ3v) is 4.69. The van der Waals surface area contributed by atoms with E-state index in [9.17, 15) is 9.59 Å². The van der Waals surface area contributed by atoms with E-state index in [4.69, 9.17) is 12.2 Å². The monoisotopic (exact) mass is 382 g/mol. The number of carbonyl (C=O) groups is 1. The van der Waals surface area contributed by atoms with E-state index in [1.807, 2.05) is 36.4 Å². The van der Waals surface area contributed by atoms with Gasteiger partial charge >= 0.3 is 0 Å². The van der Waals surface area contributed by atoms with Gasteiger partial charge < -0.3 is 10.3 Å². The van der Waals surface area contributed by atoms with Crippen molar-refractivity contribution in [1.82, 2.24) is 19.9 Å². The van der Waals surface area contributed by atoms with Crippen LogP contribution >= 0.6 is 12.2 Å². The van der Waals surface area contributed by atoms with Crippen molar-refractivity contribution >= 4 is 29.0 Å². The third-order valence-electron chi connectivity index (χ3n) is 4.37. The molecule has 1 amide bonds. The highest BCUT2D eigenvalue weighted by atomic mass is 32.1. The molecule has 0 fully saturated rings. The Morgan fingerprint density at radius 2 is 1.93 bits per heavy atom. The van der Waals surface area contributed by atoms with E-state index in [0.29, 0.717) is 29.7 Å². The number of H-pyrrole nitrogens is 1. The van der Waals surface area contributed by atoms with Crippen LogP contribution < -0.4 is 10.9 Å². The van der Waals surface area contributed by atoms with Crippen molar-refractivity contribution in [3.05, 3.63) is 69.5 Å². The molecular weight excluding hydrogens is 360 g/mol. The van der Waals surface area contributed by atoms with Crippen molar-refractivity contribution in [3.8, 4) is 0 Å². The molecule has 3 rings (SSSR count). The number of para-hydroxylation sites is 1. The highest BCUT2D eigenvalue weighted by Crippen LogP contribution is 2.07. The van der Waals surface area contributed by atoms with Crippen molar-refractivity contribution in [2.24, 2.45) is 0 Å². The number of unbranched alkanes of at least 4 members (excludes halogenated alkanes) is 2.